The van der Waals surface area contributed by atoms with Crippen LogP contribution < -0.4 is 5.73 Å². The van der Waals surface area contributed by atoms with Gasteiger partial charge in [0.2, 0.25) is 0 Å². The topological polar surface area (TPSA) is 69.1 Å². The molecular formula is C10H7BrN2O2. The van der Waals surface area contributed by atoms with Crippen LogP contribution in [0.2, 0.25) is 0 Å². The third kappa shape index (κ3) is 1.92. The second-order valence-electron chi connectivity index (χ2n) is 2.89. The molecule has 0 aliphatic carbocycles. The molecule has 0 bridgehead atoms. The molecule has 4 nitrogen and oxygen atoms in total. The van der Waals surface area contributed by atoms with Crippen LogP contribution in [-0.4, -0.2) is 11.3 Å². The zero-order valence-corrected chi connectivity index (χ0v) is 9.19. The van der Waals surface area contributed by atoms with Crippen LogP contribution in [0.5, 0.6) is 0 Å². The first-order valence-electron chi connectivity index (χ1n) is 4.18. The molecule has 2 N–H and O–H groups in total. The molecule has 0 atom stereocenters. The fraction of sp³-hybridized carbons (Fsp3) is 0. The number of rotatable bonds is 2. The van der Waals surface area contributed by atoms with E-state index in [0.29, 0.717) is 12.0 Å². The molecule has 0 amide bonds. The van der Waals surface area contributed by atoms with Gasteiger partial charge in [-0.15, -0.1) is 0 Å². The Labute approximate surface area is 94.2 Å². The summed E-state index contributed by atoms with van der Waals surface area (Å²) >= 11 is 3.33. The normalized spacial score (nSPS) is 10.2. The van der Waals surface area contributed by atoms with Crippen molar-refractivity contribution < 1.29 is 9.21 Å². The van der Waals surface area contributed by atoms with E-state index in [1.807, 2.05) is 24.3 Å². The zero-order valence-electron chi connectivity index (χ0n) is 7.61. The standard InChI is InChI=1S/C10H7BrN2O2/c11-7-3-1-2-6(4-7)9-8(5-14)13-10(12)15-9/h1-5H,(H2,12,13). The molecule has 5 heteroatoms. The van der Waals surface area contributed by atoms with Crippen molar-refractivity contribution >= 4 is 28.2 Å². The third-order valence-electron chi connectivity index (χ3n) is 1.87. The van der Waals surface area contributed by atoms with E-state index in [1.54, 1.807) is 0 Å². The first kappa shape index (κ1) is 9.92. The van der Waals surface area contributed by atoms with Crippen LogP contribution in [0, 0.1) is 0 Å². The fourth-order valence-corrected chi connectivity index (χ4v) is 1.66. The molecular weight excluding hydrogens is 260 g/mol. The predicted octanol–water partition coefficient (Wildman–Crippen LogP) is 2.50. The Morgan fingerprint density at radius 1 is 1.47 bits per heavy atom. The molecule has 0 fully saturated rings. The monoisotopic (exact) mass is 266 g/mol. The molecule has 1 aromatic heterocycles. The Morgan fingerprint density at radius 2 is 2.27 bits per heavy atom. The van der Waals surface area contributed by atoms with Crippen LogP contribution >= 0.6 is 15.9 Å². The van der Waals surface area contributed by atoms with Gasteiger partial charge in [-0.05, 0) is 12.1 Å². The van der Waals surface area contributed by atoms with Gasteiger partial charge in [0.1, 0.15) is 0 Å². The van der Waals surface area contributed by atoms with Crippen molar-refractivity contribution in [1.82, 2.24) is 4.98 Å². The van der Waals surface area contributed by atoms with Crippen LogP contribution in [0.3, 0.4) is 0 Å². The van der Waals surface area contributed by atoms with Gasteiger partial charge in [0.25, 0.3) is 6.01 Å². The predicted molar refractivity (Wildman–Crippen MR) is 59.4 cm³/mol. The van der Waals surface area contributed by atoms with Gasteiger partial charge in [-0.1, -0.05) is 28.1 Å². The molecule has 0 aliphatic rings. The minimum atomic E-state index is -0.00734. The number of hydrogen-bond acceptors (Lipinski definition) is 4. The van der Waals surface area contributed by atoms with Crippen molar-refractivity contribution in [3.63, 3.8) is 0 Å². The highest BCUT2D eigenvalue weighted by atomic mass is 79.9. The first-order chi connectivity index (χ1) is 7.20. The minimum absolute atomic E-state index is 0.00734. The van der Waals surface area contributed by atoms with E-state index in [4.69, 9.17) is 10.2 Å². The van der Waals surface area contributed by atoms with E-state index < -0.39 is 0 Å². The summed E-state index contributed by atoms with van der Waals surface area (Å²) in [6, 6.07) is 7.35. The Balaban J connectivity index is 2.57. The summed E-state index contributed by atoms with van der Waals surface area (Å²) < 4.78 is 6.06. The van der Waals surface area contributed by atoms with Crippen LogP contribution in [0.1, 0.15) is 10.5 Å². The summed E-state index contributed by atoms with van der Waals surface area (Å²) in [4.78, 5) is 14.5. The Bertz CT molecular complexity index is 508. The molecule has 0 unspecified atom stereocenters. The smallest absolute Gasteiger partial charge is 0.293 e. The summed E-state index contributed by atoms with van der Waals surface area (Å²) in [6.07, 6.45) is 0.621. The number of halogens is 1. The van der Waals surface area contributed by atoms with Gasteiger partial charge in [0.15, 0.2) is 17.7 Å². The number of anilines is 1. The van der Waals surface area contributed by atoms with Crippen LogP contribution in [0.15, 0.2) is 33.2 Å². The van der Waals surface area contributed by atoms with Gasteiger partial charge in [-0.25, -0.2) is 0 Å². The summed E-state index contributed by atoms with van der Waals surface area (Å²) in [5.74, 6) is 0.392. The second kappa shape index (κ2) is 3.86. The van der Waals surface area contributed by atoms with Crippen LogP contribution in [0.25, 0.3) is 11.3 Å². The summed E-state index contributed by atoms with van der Waals surface area (Å²) in [5.41, 5.74) is 6.36. The summed E-state index contributed by atoms with van der Waals surface area (Å²) in [5, 5.41) is 0. The number of nitrogens with zero attached hydrogens (tertiary/aromatic N) is 1. The van der Waals surface area contributed by atoms with Gasteiger partial charge in [-0.2, -0.15) is 4.98 Å². The highest BCUT2D eigenvalue weighted by Crippen LogP contribution is 2.27. The molecule has 0 saturated heterocycles. The lowest BCUT2D eigenvalue weighted by molar-refractivity contribution is 0.112. The molecule has 1 aromatic carbocycles. The number of aromatic nitrogens is 1. The number of carbonyl (C=O) groups excluding carboxylic acids is 1. The molecule has 0 radical (unpaired) electrons. The molecule has 15 heavy (non-hydrogen) atoms. The molecule has 0 saturated carbocycles. The zero-order chi connectivity index (χ0) is 10.8. The third-order valence-corrected chi connectivity index (χ3v) is 2.36. The van der Waals surface area contributed by atoms with Gasteiger partial charge < -0.3 is 10.2 Å². The maximum atomic E-state index is 10.7. The lowest BCUT2D eigenvalue weighted by Crippen LogP contribution is -1.85. The number of nitrogens with two attached hydrogens (primary N) is 1. The Hall–Kier alpha value is -1.62. The van der Waals surface area contributed by atoms with Gasteiger partial charge in [0.05, 0.1) is 0 Å². The van der Waals surface area contributed by atoms with E-state index in [0.717, 1.165) is 10.0 Å². The Morgan fingerprint density at radius 3 is 2.93 bits per heavy atom. The largest absolute Gasteiger partial charge is 0.423 e. The van der Waals surface area contributed by atoms with E-state index in [1.165, 1.54) is 0 Å². The van der Waals surface area contributed by atoms with Gasteiger partial charge >= 0.3 is 0 Å². The average Bonchev–Trinajstić information content (AvgIpc) is 2.59. The molecule has 1 heterocycles. The van der Waals surface area contributed by atoms with Crippen molar-refractivity contribution in [3.8, 4) is 11.3 Å². The van der Waals surface area contributed by atoms with Gasteiger partial charge in [-0.3, -0.25) is 4.79 Å². The number of carbonyl (C=O) groups is 1. The lowest BCUT2D eigenvalue weighted by Gasteiger charge is -1.97. The molecule has 0 spiro atoms. The van der Waals surface area contributed by atoms with Crippen molar-refractivity contribution in [2.45, 2.75) is 0 Å². The van der Waals surface area contributed by atoms with Crippen molar-refractivity contribution in [1.29, 1.82) is 0 Å². The quantitative estimate of drug-likeness (QED) is 0.848. The number of aldehydes is 1. The van der Waals surface area contributed by atoms with E-state index in [2.05, 4.69) is 20.9 Å². The number of hydrogen-bond donors (Lipinski definition) is 1. The molecule has 76 valence electrons. The highest BCUT2D eigenvalue weighted by molar-refractivity contribution is 9.10. The van der Waals surface area contributed by atoms with E-state index >= 15 is 0 Å². The molecule has 0 aliphatic heterocycles. The Kier molecular flexibility index (Phi) is 2.55. The van der Waals surface area contributed by atoms with Gasteiger partial charge in [0, 0.05) is 10.0 Å². The first-order valence-corrected chi connectivity index (χ1v) is 4.97. The molecule has 2 rings (SSSR count). The SMILES string of the molecule is Nc1nc(C=O)c(-c2cccc(Br)c2)o1. The number of oxazole rings is 1. The van der Waals surface area contributed by atoms with Crippen molar-refractivity contribution in [3.05, 3.63) is 34.4 Å². The molecule has 2 aromatic rings. The summed E-state index contributed by atoms with van der Waals surface area (Å²) in [7, 11) is 0. The van der Waals surface area contributed by atoms with E-state index in [9.17, 15) is 4.79 Å². The highest BCUT2D eigenvalue weighted by Gasteiger charge is 2.12. The maximum absolute atomic E-state index is 10.7. The lowest BCUT2D eigenvalue weighted by atomic mass is 10.1. The van der Waals surface area contributed by atoms with Crippen LogP contribution in [-0.2, 0) is 0 Å². The number of nitrogen functional groups attached to an aromatic ring is 1. The van der Waals surface area contributed by atoms with E-state index in [-0.39, 0.29) is 11.7 Å². The number of benzene rings is 1. The van der Waals surface area contributed by atoms with Crippen molar-refractivity contribution in [2.75, 3.05) is 5.73 Å². The summed E-state index contributed by atoms with van der Waals surface area (Å²) in [6.45, 7) is 0. The average molecular weight is 267 g/mol. The minimum Gasteiger partial charge on any atom is -0.423 e. The fourth-order valence-electron chi connectivity index (χ4n) is 1.27. The second-order valence-corrected chi connectivity index (χ2v) is 3.81. The maximum Gasteiger partial charge on any atom is 0.293 e. The van der Waals surface area contributed by atoms with Crippen molar-refractivity contribution in [2.24, 2.45) is 0 Å². The van der Waals surface area contributed by atoms with Crippen LogP contribution in [0.4, 0.5) is 6.01 Å².